The smallest absolute Gasteiger partial charge is 0.193 e. The van der Waals surface area contributed by atoms with Crippen molar-refractivity contribution in [3.63, 3.8) is 0 Å². The minimum Gasteiger partial charge on any atom is -0.491 e. The van der Waals surface area contributed by atoms with Crippen molar-refractivity contribution in [2.45, 2.75) is 19.8 Å². The quantitative estimate of drug-likeness (QED) is 0.545. The molecular weight excluding hydrogens is 397 g/mol. The second-order valence-electron chi connectivity index (χ2n) is 7.09. The first kappa shape index (κ1) is 19.3. The van der Waals surface area contributed by atoms with Gasteiger partial charge in [-0.3, -0.25) is 9.69 Å². The number of para-hydroxylation sites is 1. The molecule has 0 radical (unpaired) electrons. The summed E-state index contributed by atoms with van der Waals surface area (Å²) >= 11 is 12.6. The van der Waals surface area contributed by atoms with Gasteiger partial charge in [-0.15, -0.1) is 0 Å². The molecule has 4 rings (SSSR count). The van der Waals surface area contributed by atoms with Crippen molar-refractivity contribution >= 4 is 34.2 Å². The maximum Gasteiger partial charge on any atom is 0.193 e. The first-order chi connectivity index (χ1) is 13.5. The van der Waals surface area contributed by atoms with Gasteiger partial charge in [-0.25, -0.2) is 0 Å². The van der Waals surface area contributed by atoms with Crippen LogP contribution in [0, 0.1) is 6.92 Å². The Morgan fingerprint density at radius 2 is 1.89 bits per heavy atom. The highest BCUT2D eigenvalue weighted by Gasteiger charge is 2.17. The number of ether oxygens (including phenoxy) is 1. The van der Waals surface area contributed by atoms with Gasteiger partial charge in [0.15, 0.2) is 11.0 Å². The van der Waals surface area contributed by atoms with Gasteiger partial charge in [0, 0.05) is 17.6 Å². The Labute approximate surface area is 173 Å². The second-order valence-corrected chi connectivity index (χ2v) is 7.90. The molecule has 0 unspecified atom stereocenters. The lowest BCUT2D eigenvalue weighted by Gasteiger charge is -2.17. The van der Waals surface area contributed by atoms with Gasteiger partial charge in [-0.1, -0.05) is 29.3 Å². The molecule has 0 amide bonds. The Morgan fingerprint density at radius 1 is 1.11 bits per heavy atom. The number of aryl methyl sites for hydroxylation is 1. The van der Waals surface area contributed by atoms with Crippen molar-refractivity contribution in [1.82, 2.24) is 4.90 Å². The Bertz CT molecular complexity index is 1070. The Kier molecular flexibility index (Phi) is 5.63. The molecule has 0 spiro atoms. The topological polar surface area (TPSA) is 42.7 Å². The summed E-state index contributed by atoms with van der Waals surface area (Å²) in [5.41, 5.74) is 1.81. The van der Waals surface area contributed by atoms with Gasteiger partial charge in [0.1, 0.15) is 18.1 Å². The van der Waals surface area contributed by atoms with Crippen LogP contribution in [-0.2, 0) is 0 Å². The Hall–Kier alpha value is -2.01. The molecule has 1 aromatic heterocycles. The van der Waals surface area contributed by atoms with Crippen LogP contribution in [0.1, 0.15) is 18.4 Å². The maximum absolute atomic E-state index is 12.6. The predicted molar refractivity (Wildman–Crippen MR) is 114 cm³/mol. The minimum atomic E-state index is -0.144. The van der Waals surface area contributed by atoms with Crippen LogP contribution in [0.25, 0.3) is 22.3 Å². The molecule has 0 aliphatic carbocycles. The highest BCUT2D eigenvalue weighted by atomic mass is 35.5. The SMILES string of the molecule is Cc1cc(-c2cc(=O)c3cccc(Cl)c3o2)c(OCCN2CCCC2)cc1Cl. The van der Waals surface area contributed by atoms with Crippen LogP contribution >= 0.6 is 23.2 Å². The fourth-order valence-electron chi connectivity index (χ4n) is 3.54. The monoisotopic (exact) mass is 417 g/mol. The summed E-state index contributed by atoms with van der Waals surface area (Å²) in [6.45, 7) is 5.54. The molecule has 0 saturated carbocycles. The summed E-state index contributed by atoms with van der Waals surface area (Å²) in [5.74, 6) is 1.02. The third-order valence-electron chi connectivity index (χ3n) is 5.10. The van der Waals surface area contributed by atoms with Gasteiger partial charge in [0.25, 0.3) is 0 Å². The van der Waals surface area contributed by atoms with Crippen molar-refractivity contribution in [2.75, 3.05) is 26.2 Å². The number of likely N-dealkylation sites (tertiary alicyclic amines) is 1. The maximum atomic E-state index is 12.6. The summed E-state index contributed by atoms with van der Waals surface area (Å²) in [6.07, 6.45) is 2.48. The average Bonchev–Trinajstić information content (AvgIpc) is 3.18. The number of hydrogen-bond acceptors (Lipinski definition) is 4. The lowest BCUT2D eigenvalue weighted by molar-refractivity contribution is 0.238. The third kappa shape index (κ3) is 3.90. The fraction of sp³-hybridized carbons (Fsp3) is 0.318. The van der Waals surface area contributed by atoms with Crippen molar-refractivity contribution < 1.29 is 9.15 Å². The van der Waals surface area contributed by atoms with Gasteiger partial charge in [-0.05, 0) is 62.7 Å². The van der Waals surface area contributed by atoms with Gasteiger partial charge in [0.05, 0.1) is 16.0 Å². The lowest BCUT2D eigenvalue weighted by atomic mass is 10.1. The zero-order valence-corrected chi connectivity index (χ0v) is 17.1. The summed E-state index contributed by atoms with van der Waals surface area (Å²) < 4.78 is 12.1. The summed E-state index contributed by atoms with van der Waals surface area (Å²) in [7, 11) is 0. The van der Waals surface area contributed by atoms with E-state index < -0.39 is 0 Å². The van der Waals surface area contributed by atoms with E-state index in [2.05, 4.69) is 4.90 Å². The van der Waals surface area contributed by atoms with E-state index >= 15 is 0 Å². The van der Waals surface area contributed by atoms with Gasteiger partial charge >= 0.3 is 0 Å². The normalized spacial score (nSPS) is 14.7. The number of hydrogen-bond donors (Lipinski definition) is 0. The standard InChI is InChI=1S/C22H21Cl2NO3/c1-14-11-16(20(12-18(14)24)27-10-9-25-7-2-3-8-25)21-13-19(26)15-5-4-6-17(23)22(15)28-21/h4-6,11-13H,2-3,7-10H2,1H3. The molecule has 2 aromatic carbocycles. The summed E-state index contributed by atoms with van der Waals surface area (Å²) in [5, 5.41) is 1.47. The van der Waals surface area contributed by atoms with E-state index in [-0.39, 0.29) is 5.43 Å². The zero-order valence-electron chi connectivity index (χ0n) is 15.6. The molecule has 0 N–H and O–H groups in total. The second kappa shape index (κ2) is 8.16. The van der Waals surface area contributed by atoms with Crippen LogP contribution in [0.4, 0.5) is 0 Å². The molecule has 28 heavy (non-hydrogen) atoms. The average molecular weight is 418 g/mol. The number of halogens is 2. The van der Waals surface area contributed by atoms with Gasteiger partial charge in [-0.2, -0.15) is 0 Å². The largest absolute Gasteiger partial charge is 0.491 e. The van der Waals surface area contributed by atoms with Crippen LogP contribution < -0.4 is 10.2 Å². The van der Waals surface area contributed by atoms with E-state index in [9.17, 15) is 4.79 Å². The number of fused-ring (bicyclic) bond motifs is 1. The van der Waals surface area contributed by atoms with E-state index in [1.54, 1.807) is 24.3 Å². The highest BCUT2D eigenvalue weighted by molar-refractivity contribution is 6.34. The molecule has 4 nitrogen and oxygen atoms in total. The van der Waals surface area contributed by atoms with Crippen LogP contribution in [0.3, 0.4) is 0 Å². The fourth-order valence-corrected chi connectivity index (χ4v) is 3.91. The zero-order chi connectivity index (χ0) is 19.7. The minimum absolute atomic E-state index is 0.144. The predicted octanol–water partition coefficient (Wildman–Crippen LogP) is 5.55. The molecule has 2 heterocycles. The van der Waals surface area contributed by atoms with E-state index in [1.165, 1.54) is 18.9 Å². The third-order valence-corrected chi connectivity index (χ3v) is 5.80. The van der Waals surface area contributed by atoms with Crippen molar-refractivity contribution in [3.8, 4) is 17.1 Å². The Morgan fingerprint density at radius 3 is 2.68 bits per heavy atom. The van der Waals surface area contributed by atoms with E-state index in [4.69, 9.17) is 32.4 Å². The van der Waals surface area contributed by atoms with Crippen molar-refractivity contribution in [1.29, 1.82) is 0 Å². The van der Waals surface area contributed by atoms with Crippen LogP contribution in [-0.4, -0.2) is 31.1 Å². The summed E-state index contributed by atoms with van der Waals surface area (Å²) in [4.78, 5) is 15.0. The number of benzene rings is 2. The van der Waals surface area contributed by atoms with E-state index in [0.717, 1.165) is 25.2 Å². The summed E-state index contributed by atoms with van der Waals surface area (Å²) in [6, 6.07) is 10.3. The molecule has 0 atom stereocenters. The molecule has 0 bridgehead atoms. The molecule has 1 aliphatic rings. The molecule has 1 saturated heterocycles. The molecule has 1 aliphatic heterocycles. The van der Waals surface area contributed by atoms with Crippen LogP contribution in [0.2, 0.25) is 10.0 Å². The van der Waals surface area contributed by atoms with E-state index in [0.29, 0.717) is 44.7 Å². The first-order valence-corrected chi connectivity index (χ1v) is 10.2. The molecule has 146 valence electrons. The molecule has 1 fully saturated rings. The Balaban J connectivity index is 1.72. The van der Waals surface area contributed by atoms with E-state index in [1.807, 2.05) is 13.0 Å². The van der Waals surface area contributed by atoms with Crippen LogP contribution in [0.15, 0.2) is 45.6 Å². The van der Waals surface area contributed by atoms with Gasteiger partial charge in [0.2, 0.25) is 0 Å². The lowest BCUT2D eigenvalue weighted by Crippen LogP contribution is -2.25. The van der Waals surface area contributed by atoms with Gasteiger partial charge < -0.3 is 9.15 Å². The van der Waals surface area contributed by atoms with Crippen molar-refractivity contribution in [2.24, 2.45) is 0 Å². The molecular formula is C22H21Cl2NO3. The highest BCUT2D eigenvalue weighted by Crippen LogP contribution is 2.36. The number of nitrogens with zero attached hydrogens (tertiary/aromatic N) is 1. The molecule has 3 aromatic rings. The first-order valence-electron chi connectivity index (χ1n) is 9.41. The molecule has 6 heteroatoms. The van der Waals surface area contributed by atoms with Crippen LogP contribution in [0.5, 0.6) is 5.75 Å². The number of rotatable bonds is 5. The van der Waals surface area contributed by atoms with Crippen molar-refractivity contribution in [3.05, 3.63) is 62.2 Å².